The highest BCUT2D eigenvalue weighted by molar-refractivity contribution is 7.85. The topological polar surface area (TPSA) is 30.0 Å². The average Bonchev–Trinajstić information content (AvgIpc) is 2.16. The number of nitrogens with zero attached hydrogens (tertiary/aromatic N) is 1. The summed E-state index contributed by atoms with van der Waals surface area (Å²) in [7, 11) is -1.43. The molecule has 0 spiro atoms. The molecular weight excluding hydrogens is 323 g/mol. The van der Waals surface area contributed by atoms with Crippen LogP contribution in [0.3, 0.4) is 0 Å². The Morgan fingerprint density at radius 1 is 1.07 bits per heavy atom. The van der Waals surface area contributed by atoms with Crippen LogP contribution >= 0.6 is 58.0 Å². The number of alkyl halides is 1. The third-order valence-corrected chi connectivity index (χ3v) is 5.00. The van der Waals surface area contributed by atoms with E-state index >= 15 is 0 Å². The van der Waals surface area contributed by atoms with Crippen molar-refractivity contribution in [2.24, 2.45) is 0 Å². The predicted molar refractivity (Wildman–Crippen MR) is 66.3 cm³/mol. The summed E-state index contributed by atoms with van der Waals surface area (Å²) in [5.41, 5.74) is 0. The molecular formula is C7H4Cl5NOS. The van der Waals surface area contributed by atoms with E-state index in [2.05, 4.69) is 4.98 Å². The summed E-state index contributed by atoms with van der Waals surface area (Å²) < 4.78 is 11.7. The number of hydrogen-bond donors (Lipinski definition) is 0. The third-order valence-electron chi connectivity index (χ3n) is 1.45. The second-order valence-electron chi connectivity index (χ2n) is 2.39. The van der Waals surface area contributed by atoms with Gasteiger partial charge in [0.1, 0.15) is 0 Å². The van der Waals surface area contributed by atoms with Crippen molar-refractivity contribution in [1.82, 2.24) is 4.98 Å². The minimum atomic E-state index is -1.43. The largest absolute Gasteiger partial charge is 0.254 e. The van der Waals surface area contributed by atoms with Crippen molar-refractivity contribution in [2.75, 3.05) is 11.6 Å². The molecule has 1 aromatic rings. The van der Waals surface area contributed by atoms with Gasteiger partial charge >= 0.3 is 0 Å². The van der Waals surface area contributed by atoms with Gasteiger partial charge in [-0.1, -0.05) is 46.4 Å². The van der Waals surface area contributed by atoms with Crippen LogP contribution in [0.15, 0.2) is 4.90 Å². The number of halogens is 5. The standard InChI is InChI=1S/C7H4Cl5NOS/c8-1-2-15(14)5-3(9)6(11)13-7(12)4(5)10/h1-2H2. The molecule has 0 saturated carbocycles. The van der Waals surface area contributed by atoms with Crippen LogP contribution < -0.4 is 0 Å². The molecule has 0 saturated heterocycles. The first-order valence-corrected chi connectivity index (χ1v) is 7.00. The summed E-state index contributed by atoms with van der Waals surface area (Å²) >= 11 is 28.5. The van der Waals surface area contributed by atoms with Gasteiger partial charge in [-0.15, -0.1) is 11.6 Å². The molecule has 0 aliphatic heterocycles. The quantitative estimate of drug-likeness (QED) is 0.619. The first-order valence-electron chi connectivity index (χ1n) is 3.63. The van der Waals surface area contributed by atoms with Crippen LogP contribution in [-0.4, -0.2) is 20.8 Å². The van der Waals surface area contributed by atoms with Crippen molar-refractivity contribution in [3.05, 3.63) is 20.4 Å². The molecule has 1 rings (SSSR count). The molecule has 0 fully saturated rings. The first-order chi connectivity index (χ1) is 6.99. The fourth-order valence-corrected chi connectivity index (χ4v) is 3.55. The van der Waals surface area contributed by atoms with Gasteiger partial charge in [0, 0.05) is 11.6 Å². The van der Waals surface area contributed by atoms with Gasteiger partial charge in [-0.05, 0) is 0 Å². The summed E-state index contributed by atoms with van der Waals surface area (Å²) in [6.45, 7) is 0. The van der Waals surface area contributed by atoms with Gasteiger partial charge in [-0.3, -0.25) is 4.21 Å². The fourth-order valence-electron chi connectivity index (χ4n) is 0.840. The van der Waals surface area contributed by atoms with Crippen molar-refractivity contribution in [3.63, 3.8) is 0 Å². The van der Waals surface area contributed by atoms with Gasteiger partial charge in [0.15, 0.2) is 10.3 Å². The molecule has 0 aromatic carbocycles. The minimum absolute atomic E-state index is 0.0241. The lowest BCUT2D eigenvalue weighted by atomic mass is 10.5. The van der Waals surface area contributed by atoms with E-state index in [1.807, 2.05) is 0 Å². The van der Waals surface area contributed by atoms with Gasteiger partial charge < -0.3 is 0 Å². The fraction of sp³-hybridized carbons (Fsp3) is 0.286. The highest BCUT2D eigenvalue weighted by atomic mass is 35.5. The molecule has 1 unspecified atom stereocenters. The maximum Gasteiger partial charge on any atom is 0.150 e. The second kappa shape index (κ2) is 5.89. The molecule has 1 heterocycles. The van der Waals surface area contributed by atoms with Gasteiger partial charge in [0.2, 0.25) is 0 Å². The van der Waals surface area contributed by atoms with Crippen LogP contribution in [0.25, 0.3) is 0 Å². The van der Waals surface area contributed by atoms with Crippen LogP contribution in [0.4, 0.5) is 0 Å². The lowest BCUT2D eigenvalue weighted by Crippen LogP contribution is -2.02. The molecule has 0 amide bonds. The van der Waals surface area contributed by atoms with Crippen LogP contribution in [-0.2, 0) is 10.8 Å². The summed E-state index contributed by atoms with van der Waals surface area (Å²) in [4.78, 5) is 3.86. The van der Waals surface area contributed by atoms with Gasteiger partial charge in [-0.2, -0.15) is 0 Å². The van der Waals surface area contributed by atoms with Crippen molar-refractivity contribution in [2.45, 2.75) is 4.90 Å². The number of pyridine rings is 1. The summed E-state index contributed by atoms with van der Waals surface area (Å²) in [6.07, 6.45) is 0. The Hall–Kier alpha value is 0.750. The maximum atomic E-state index is 11.7. The van der Waals surface area contributed by atoms with E-state index in [-0.39, 0.29) is 36.9 Å². The first kappa shape index (κ1) is 13.8. The zero-order chi connectivity index (χ0) is 11.6. The molecule has 0 bridgehead atoms. The Bertz CT molecular complexity index is 385. The predicted octanol–water partition coefficient (Wildman–Crippen LogP) is 4.04. The van der Waals surface area contributed by atoms with Crippen molar-refractivity contribution in [3.8, 4) is 0 Å². The molecule has 0 aliphatic rings. The van der Waals surface area contributed by atoms with Crippen LogP contribution in [0.1, 0.15) is 0 Å². The zero-order valence-corrected chi connectivity index (χ0v) is 11.7. The van der Waals surface area contributed by atoms with E-state index in [0.29, 0.717) is 0 Å². The SMILES string of the molecule is O=S(CCCl)c1c(Cl)c(Cl)nc(Cl)c1Cl. The van der Waals surface area contributed by atoms with Crippen molar-refractivity contribution in [1.29, 1.82) is 0 Å². The summed E-state index contributed by atoms with van der Waals surface area (Å²) in [5.74, 6) is 0.439. The lowest BCUT2D eigenvalue weighted by molar-refractivity contribution is 0.684. The van der Waals surface area contributed by atoms with E-state index in [9.17, 15) is 4.21 Å². The Balaban J connectivity index is 3.32. The molecule has 8 heteroatoms. The van der Waals surface area contributed by atoms with Crippen molar-refractivity contribution < 1.29 is 4.21 Å². The smallest absolute Gasteiger partial charge is 0.150 e. The third kappa shape index (κ3) is 3.11. The normalized spacial score (nSPS) is 12.9. The molecule has 2 nitrogen and oxygen atoms in total. The number of hydrogen-bond acceptors (Lipinski definition) is 2. The van der Waals surface area contributed by atoms with Gasteiger partial charge in [-0.25, -0.2) is 4.98 Å². The number of rotatable bonds is 3. The van der Waals surface area contributed by atoms with Gasteiger partial charge in [0.05, 0.1) is 25.7 Å². The highest BCUT2D eigenvalue weighted by Gasteiger charge is 2.19. The molecule has 0 radical (unpaired) electrons. The van der Waals surface area contributed by atoms with E-state index in [4.69, 9.17) is 58.0 Å². The maximum absolute atomic E-state index is 11.7. The Morgan fingerprint density at radius 3 is 1.93 bits per heavy atom. The lowest BCUT2D eigenvalue weighted by Gasteiger charge is -2.07. The van der Waals surface area contributed by atoms with E-state index in [0.717, 1.165) is 0 Å². The highest BCUT2D eigenvalue weighted by Crippen LogP contribution is 2.36. The minimum Gasteiger partial charge on any atom is -0.254 e. The monoisotopic (exact) mass is 325 g/mol. The summed E-state index contributed by atoms with van der Waals surface area (Å²) in [6, 6.07) is 0. The van der Waals surface area contributed by atoms with E-state index in [1.54, 1.807) is 0 Å². The molecule has 15 heavy (non-hydrogen) atoms. The number of aromatic nitrogens is 1. The van der Waals surface area contributed by atoms with Crippen LogP contribution in [0.2, 0.25) is 20.4 Å². The van der Waals surface area contributed by atoms with E-state index < -0.39 is 10.8 Å². The van der Waals surface area contributed by atoms with Crippen LogP contribution in [0, 0.1) is 0 Å². The second-order valence-corrected chi connectivity index (χ2v) is 5.75. The van der Waals surface area contributed by atoms with Crippen molar-refractivity contribution >= 4 is 68.8 Å². The Labute approximate surface area is 114 Å². The molecule has 84 valence electrons. The average molecular weight is 327 g/mol. The van der Waals surface area contributed by atoms with E-state index in [1.165, 1.54) is 0 Å². The Morgan fingerprint density at radius 2 is 1.53 bits per heavy atom. The Kier molecular flexibility index (Phi) is 5.43. The molecule has 0 aliphatic carbocycles. The molecule has 1 atom stereocenters. The molecule has 1 aromatic heterocycles. The summed E-state index contributed by atoms with van der Waals surface area (Å²) in [5, 5.41) is 0.0528. The van der Waals surface area contributed by atoms with Crippen LogP contribution in [0.5, 0.6) is 0 Å². The molecule has 0 N–H and O–H groups in total. The van der Waals surface area contributed by atoms with Gasteiger partial charge in [0.25, 0.3) is 0 Å². The zero-order valence-electron chi connectivity index (χ0n) is 7.07.